The molecule has 1 aliphatic rings. The Morgan fingerprint density at radius 1 is 1.27 bits per heavy atom. The molecular weight excluding hydrogens is 360 g/mol. The smallest absolute Gasteiger partial charge is 0.254 e. The summed E-state index contributed by atoms with van der Waals surface area (Å²) in [7, 11) is 0. The summed E-state index contributed by atoms with van der Waals surface area (Å²) in [5.41, 5.74) is 0.00736. The number of carbonyl (C=O) groups excluding carboxylic acids is 1. The molecule has 3 aromatic rings. The summed E-state index contributed by atoms with van der Waals surface area (Å²) >= 11 is 1.52. The first-order chi connectivity index (χ1) is 12.6. The van der Waals surface area contributed by atoms with Crippen molar-refractivity contribution in [3.63, 3.8) is 0 Å². The average Bonchev–Trinajstić information content (AvgIpc) is 3.31. The van der Waals surface area contributed by atoms with Crippen LogP contribution in [0.1, 0.15) is 35.0 Å². The Balaban J connectivity index is 1.51. The van der Waals surface area contributed by atoms with Crippen LogP contribution in [-0.4, -0.2) is 34.0 Å². The minimum Gasteiger partial charge on any atom is -0.339 e. The van der Waals surface area contributed by atoms with Crippen molar-refractivity contribution in [2.24, 2.45) is 0 Å². The predicted molar refractivity (Wildman–Crippen MR) is 91.8 cm³/mol. The van der Waals surface area contributed by atoms with Crippen LogP contribution in [0.3, 0.4) is 0 Å². The highest BCUT2D eigenvalue weighted by molar-refractivity contribution is 7.13. The molecule has 1 atom stereocenters. The van der Waals surface area contributed by atoms with Gasteiger partial charge in [-0.05, 0) is 36.4 Å². The SMILES string of the molecule is O=C(c1cc(F)cc(F)c1)N1CCCC(c2nc(-c3cccs3)no2)C1. The maximum absolute atomic E-state index is 13.4. The highest BCUT2D eigenvalue weighted by atomic mass is 32.1. The summed E-state index contributed by atoms with van der Waals surface area (Å²) in [6.45, 7) is 0.905. The number of thiophene rings is 1. The van der Waals surface area contributed by atoms with Crippen LogP contribution >= 0.6 is 11.3 Å². The van der Waals surface area contributed by atoms with E-state index < -0.39 is 17.5 Å². The van der Waals surface area contributed by atoms with Gasteiger partial charge in [0.25, 0.3) is 5.91 Å². The molecule has 4 rings (SSSR count). The zero-order valence-electron chi connectivity index (χ0n) is 13.7. The molecule has 5 nitrogen and oxygen atoms in total. The fraction of sp³-hybridized carbons (Fsp3) is 0.278. The normalized spacial score (nSPS) is 17.5. The van der Waals surface area contributed by atoms with Gasteiger partial charge in [0.05, 0.1) is 10.8 Å². The molecule has 2 aromatic heterocycles. The molecule has 1 amide bonds. The van der Waals surface area contributed by atoms with E-state index in [1.807, 2.05) is 17.5 Å². The van der Waals surface area contributed by atoms with E-state index in [4.69, 9.17) is 4.52 Å². The number of benzene rings is 1. The van der Waals surface area contributed by atoms with E-state index in [9.17, 15) is 13.6 Å². The number of nitrogens with zero attached hydrogens (tertiary/aromatic N) is 3. The number of amides is 1. The Kier molecular flexibility index (Phi) is 4.50. The summed E-state index contributed by atoms with van der Waals surface area (Å²) in [4.78, 5) is 19.5. The third-order valence-corrected chi connectivity index (χ3v) is 5.22. The number of likely N-dealkylation sites (tertiary alicyclic amines) is 1. The van der Waals surface area contributed by atoms with E-state index in [1.54, 1.807) is 4.90 Å². The van der Waals surface area contributed by atoms with E-state index >= 15 is 0 Å². The van der Waals surface area contributed by atoms with Crippen LogP contribution in [0.4, 0.5) is 8.78 Å². The Hall–Kier alpha value is -2.61. The summed E-state index contributed by atoms with van der Waals surface area (Å²) in [6, 6.07) is 6.68. The van der Waals surface area contributed by atoms with Gasteiger partial charge in [-0.15, -0.1) is 11.3 Å². The van der Waals surface area contributed by atoms with Crippen LogP contribution < -0.4 is 0 Å². The first-order valence-corrected chi connectivity index (χ1v) is 9.11. The third kappa shape index (κ3) is 3.37. The third-order valence-electron chi connectivity index (χ3n) is 4.35. The number of hydrogen-bond acceptors (Lipinski definition) is 5. The summed E-state index contributed by atoms with van der Waals surface area (Å²) < 4.78 is 32.2. The number of carbonyl (C=O) groups is 1. The maximum atomic E-state index is 13.4. The number of aromatic nitrogens is 2. The zero-order valence-corrected chi connectivity index (χ0v) is 14.5. The lowest BCUT2D eigenvalue weighted by atomic mass is 9.97. The van der Waals surface area contributed by atoms with Crippen LogP contribution in [0, 0.1) is 11.6 Å². The predicted octanol–water partition coefficient (Wildman–Crippen LogP) is 4.10. The highest BCUT2D eigenvalue weighted by Gasteiger charge is 2.29. The van der Waals surface area contributed by atoms with Crippen molar-refractivity contribution in [3.8, 4) is 10.7 Å². The number of halogens is 2. The molecule has 134 valence electrons. The van der Waals surface area contributed by atoms with Crippen LogP contribution in [-0.2, 0) is 0 Å². The lowest BCUT2D eigenvalue weighted by Crippen LogP contribution is -2.39. The van der Waals surface area contributed by atoms with E-state index in [1.165, 1.54) is 11.3 Å². The second-order valence-corrected chi connectivity index (χ2v) is 7.13. The Morgan fingerprint density at radius 3 is 2.81 bits per heavy atom. The Bertz CT molecular complexity index is 906. The molecule has 8 heteroatoms. The minimum absolute atomic E-state index is 0.00736. The van der Waals surface area contributed by atoms with Crippen LogP contribution in [0.15, 0.2) is 40.2 Å². The lowest BCUT2D eigenvalue weighted by molar-refractivity contribution is 0.0694. The highest BCUT2D eigenvalue weighted by Crippen LogP contribution is 2.29. The fourth-order valence-corrected chi connectivity index (χ4v) is 3.78. The molecule has 3 heterocycles. The van der Waals surface area contributed by atoms with Crippen molar-refractivity contribution >= 4 is 17.2 Å². The molecule has 1 aliphatic heterocycles. The fourth-order valence-electron chi connectivity index (χ4n) is 3.13. The lowest BCUT2D eigenvalue weighted by Gasteiger charge is -2.31. The van der Waals surface area contributed by atoms with Crippen LogP contribution in [0.25, 0.3) is 10.7 Å². The van der Waals surface area contributed by atoms with Crippen molar-refractivity contribution < 1.29 is 18.1 Å². The molecule has 1 aromatic carbocycles. The number of piperidine rings is 1. The van der Waals surface area contributed by atoms with Crippen LogP contribution in [0.5, 0.6) is 0 Å². The Morgan fingerprint density at radius 2 is 2.08 bits per heavy atom. The van der Waals surface area contributed by atoms with Gasteiger partial charge in [-0.3, -0.25) is 4.79 Å². The first-order valence-electron chi connectivity index (χ1n) is 8.23. The molecule has 1 unspecified atom stereocenters. The van der Waals surface area contributed by atoms with Gasteiger partial charge >= 0.3 is 0 Å². The molecule has 0 bridgehead atoms. The van der Waals surface area contributed by atoms with Gasteiger partial charge in [0.2, 0.25) is 11.7 Å². The molecule has 1 saturated heterocycles. The van der Waals surface area contributed by atoms with E-state index in [-0.39, 0.29) is 11.5 Å². The topological polar surface area (TPSA) is 59.2 Å². The van der Waals surface area contributed by atoms with Gasteiger partial charge in [-0.1, -0.05) is 11.2 Å². The summed E-state index contributed by atoms with van der Waals surface area (Å²) in [5, 5.41) is 5.94. The van der Waals surface area contributed by atoms with Gasteiger partial charge in [0.15, 0.2) is 0 Å². The van der Waals surface area contributed by atoms with Crippen molar-refractivity contribution in [2.45, 2.75) is 18.8 Å². The summed E-state index contributed by atoms with van der Waals surface area (Å²) in [6.07, 6.45) is 1.57. The van der Waals surface area contributed by atoms with E-state index in [0.29, 0.717) is 24.8 Å². The van der Waals surface area contributed by atoms with Crippen LogP contribution in [0.2, 0.25) is 0 Å². The van der Waals surface area contributed by atoms with Gasteiger partial charge in [0.1, 0.15) is 11.6 Å². The van der Waals surface area contributed by atoms with Crippen molar-refractivity contribution in [3.05, 3.63) is 58.8 Å². The van der Waals surface area contributed by atoms with E-state index in [0.717, 1.165) is 35.9 Å². The molecule has 0 spiro atoms. The molecule has 26 heavy (non-hydrogen) atoms. The zero-order chi connectivity index (χ0) is 18.1. The van der Waals surface area contributed by atoms with Gasteiger partial charge in [0, 0.05) is 24.7 Å². The Labute approximate surface area is 152 Å². The number of hydrogen-bond donors (Lipinski definition) is 0. The molecule has 1 fully saturated rings. The molecule has 0 radical (unpaired) electrons. The average molecular weight is 375 g/mol. The van der Waals surface area contributed by atoms with Crippen molar-refractivity contribution in [2.75, 3.05) is 13.1 Å². The molecule has 0 saturated carbocycles. The maximum Gasteiger partial charge on any atom is 0.254 e. The quantitative estimate of drug-likeness (QED) is 0.692. The van der Waals surface area contributed by atoms with Crippen molar-refractivity contribution in [1.29, 1.82) is 0 Å². The largest absolute Gasteiger partial charge is 0.339 e. The molecule has 0 N–H and O–H groups in total. The standard InChI is InChI=1S/C18H15F2N3O2S/c19-13-7-12(8-14(20)9-13)18(24)23-5-1-3-11(10-23)17-21-16(22-25-17)15-4-2-6-26-15/h2,4,6-9,11H,1,3,5,10H2. The van der Waals surface area contributed by atoms with Gasteiger partial charge in [-0.2, -0.15) is 4.98 Å². The summed E-state index contributed by atoms with van der Waals surface area (Å²) in [5.74, 6) is -1.00. The second kappa shape index (κ2) is 6.95. The number of rotatable bonds is 3. The van der Waals surface area contributed by atoms with E-state index in [2.05, 4.69) is 10.1 Å². The molecule has 0 aliphatic carbocycles. The first kappa shape index (κ1) is 16.8. The second-order valence-electron chi connectivity index (χ2n) is 6.18. The minimum atomic E-state index is -0.764. The van der Waals surface area contributed by atoms with Crippen molar-refractivity contribution in [1.82, 2.24) is 15.0 Å². The van der Waals surface area contributed by atoms with Gasteiger partial charge in [-0.25, -0.2) is 8.78 Å². The molecular formula is C18H15F2N3O2S. The monoisotopic (exact) mass is 375 g/mol. The van der Waals surface area contributed by atoms with Gasteiger partial charge < -0.3 is 9.42 Å².